The monoisotopic (exact) mass is 166 g/mol. The largest absolute Gasteiger partial charge is 0.383 e. The average Bonchev–Trinajstić information content (AvgIpc) is 1.91. The van der Waals surface area contributed by atoms with E-state index in [0.29, 0.717) is 6.04 Å². The molecule has 0 aromatic carbocycles. The Morgan fingerprint density at radius 1 is 1.50 bits per heavy atom. The third-order valence-electron chi connectivity index (χ3n) is 1.49. The molecule has 0 spiro atoms. The van der Waals surface area contributed by atoms with E-state index in [-0.39, 0.29) is 12.4 Å². The molecule has 0 aromatic heterocycles. The lowest BCUT2D eigenvalue weighted by Gasteiger charge is -2.23. The van der Waals surface area contributed by atoms with E-state index in [1.165, 1.54) is 0 Å². The molecule has 0 bridgehead atoms. The van der Waals surface area contributed by atoms with Gasteiger partial charge in [0.15, 0.2) is 0 Å². The second kappa shape index (κ2) is 5.92. The molecule has 1 aliphatic heterocycles. The van der Waals surface area contributed by atoms with Gasteiger partial charge in [-0.1, -0.05) is 0 Å². The van der Waals surface area contributed by atoms with Crippen LogP contribution in [-0.4, -0.2) is 39.4 Å². The first-order valence-electron chi connectivity index (χ1n) is 3.36. The molecular weight excluding hydrogens is 152 g/mol. The Morgan fingerprint density at radius 2 is 2.30 bits per heavy atom. The Balaban J connectivity index is 0.000000810. The summed E-state index contributed by atoms with van der Waals surface area (Å²) in [6.07, 6.45) is 0. The number of hydrogen-bond donors (Lipinski definition) is 2. The quantitative estimate of drug-likeness (QED) is 0.587. The van der Waals surface area contributed by atoms with E-state index >= 15 is 0 Å². The Morgan fingerprint density at radius 3 is 2.80 bits per heavy atom. The zero-order valence-electron chi connectivity index (χ0n) is 6.22. The van der Waals surface area contributed by atoms with Gasteiger partial charge in [0.2, 0.25) is 0 Å². The van der Waals surface area contributed by atoms with E-state index in [2.05, 4.69) is 10.6 Å². The van der Waals surface area contributed by atoms with Crippen molar-refractivity contribution in [2.75, 3.05) is 33.4 Å². The molecule has 0 saturated carbocycles. The van der Waals surface area contributed by atoms with Crippen molar-refractivity contribution in [2.45, 2.75) is 6.04 Å². The van der Waals surface area contributed by atoms with Crippen LogP contribution in [0, 0.1) is 0 Å². The summed E-state index contributed by atoms with van der Waals surface area (Å²) >= 11 is 0. The summed E-state index contributed by atoms with van der Waals surface area (Å²) in [6.45, 7) is 4.00. The normalized spacial score (nSPS) is 25.5. The summed E-state index contributed by atoms with van der Waals surface area (Å²) in [5.74, 6) is 0. The second-order valence-corrected chi connectivity index (χ2v) is 2.31. The van der Waals surface area contributed by atoms with Crippen LogP contribution in [0.3, 0.4) is 0 Å². The van der Waals surface area contributed by atoms with Crippen LogP contribution in [0.4, 0.5) is 0 Å². The molecular formula is C6H15ClN2O. The van der Waals surface area contributed by atoms with E-state index < -0.39 is 0 Å². The molecule has 0 radical (unpaired) electrons. The zero-order chi connectivity index (χ0) is 6.53. The maximum atomic E-state index is 4.98. The van der Waals surface area contributed by atoms with Crippen molar-refractivity contribution in [3.63, 3.8) is 0 Å². The Hall–Kier alpha value is 0.170. The van der Waals surface area contributed by atoms with Crippen LogP contribution in [0.5, 0.6) is 0 Å². The lowest BCUT2D eigenvalue weighted by atomic mass is 10.2. The van der Waals surface area contributed by atoms with Gasteiger partial charge in [0, 0.05) is 32.8 Å². The van der Waals surface area contributed by atoms with E-state index in [1.54, 1.807) is 7.11 Å². The fourth-order valence-electron chi connectivity index (χ4n) is 1.03. The first-order chi connectivity index (χ1) is 4.43. The topological polar surface area (TPSA) is 33.3 Å². The van der Waals surface area contributed by atoms with E-state index in [9.17, 15) is 0 Å². The molecule has 0 aliphatic carbocycles. The highest BCUT2D eigenvalue weighted by Crippen LogP contribution is 1.85. The van der Waals surface area contributed by atoms with Gasteiger partial charge in [-0.2, -0.15) is 0 Å². The molecule has 62 valence electrons. The molecule has 3 nitrogen and oxygen atoms in total. The van der Waals surface area contributed by atoms with Crippen LogP contribution in [-0.2, 0) is 4.74 Å². The average molecular weight is 167 g/mol. The van der Waals surface area contributed by atoms with E-state index in [0.717, 1.165) is 26.2 Å². The molecule has 1 fully saturated rings. The van der Waals surface area contributed by atoms with Gasteiger partial charge in [-0.25, -0.2) is 0 Å². The van der Waals surface area contributed by atoms with Gasteiger partial charge < -0.3 is 15.4 Å². The van der Waals surface area contributed by atoms with E-state index in [4.69, 9.17) is 4.74 Å². The molecule has 1 saturated heterocycles. The minimum Gasteiger partial charge on any atom is -0.383 e. The molecule has 1 unspecified atom stereocenters. The number of nitrogens with one attached hydrogen (secondary N) is 2. The molecule has 1 aliphatic rings. The third-order valence-corrected chi connectivity index (χ3v) is 1.49. The minimum atomic E-state index is 0. The first kappa shape index (κ1) is 10.2. The van der Waals surface area contributed by atoms with Crippen LogP contribution >= 0.6 is 12.4 Å². The maximum absolute atomic E-state index is 4.98. The molecule has 2 N–H and O–H groups in total. The van der Waals surface area contributed by atoms with Crippen molar-refractivity contribution in [1.29, 1.82) is 0 Å². The summed E-state index contributed by atoms with van der Waals surface area (Å²) < 4.78 is 4.98. The van der Waals surface area contributed by atoms with Gasteiger partial charge in [0.05, 0.1) is 6.61 Å². The first-order valence-corrected chi connectivity index (χ1v) is 3.36. The summed E-state index contributed by atoms with van der Waals surface area (Å²) in [5, 5.41) is 6.61. The van der Waals surface area contributed by atoms with Gasteiger partial charge in [0.25, 0.3) is 0 Å². The van der Waals surface area contributed by atoms with Gasteiger partial charge in [-0.15, -0.1) is 12.4 Å². The van der Waals surface area contributed by atoms with Crippen LogP contribution in [0.15, 0.2) is 0 Å². The number of ether oxygens (including phenoxy) is 1. The van der Waals surface area contributed by atoms with Gasteiger partial charge in [0.1, 0.15) is 0 Å². The summed E-state index contributed by atoms with van der Waals surface area (Å²) in [7, 11) is 1.73. The highest BCUT2D eigenvalue weighted by Gasteiger charge is 2.09. The molecule has 4 heteroatoms. The van der Waals surface area contributed by atoms with Gasteiger partial charge in [-0.3, -0.25) is 0 Å². The fourth-order valence-corrected chi connectivity index (χ4v) is 1.03. The Kier molecular flexibility index (Phi) is 6.02. The number of halogens is 1. The van der Waals surface area contributed by atoms with Crippen molar-refractivity contribution in [3.8, 4) is 0 Å². The van der Waals surface area contributed by atoms with Gasteiger partial charge in [-0.05, 0) is 0 Å². The molecule has 1 atom stereocenters. The van der Waals surface area contributed by atoms with E-state index in [1.807, 2.05) is 0 Å². The highest BCUT2D eigenvalue weighted by atomic mass is 35.5. The molecule has 1 rings (SSSR count). The molecule has 0 aromatic rings. The minimum absolute atomic E-state index is 0. The van der Waals surface area contributed by atoms with Crippen molar-refractivity contribution in [1.82, 2.24) is 10.6 Å². The van der Waals surface area contributed by atoms with Crippen molar-refractivity contribution < 1.29 is 4.74 Å². The summed E-state index contributed by atoms with van der Waals surface area (Å²) in [5.41, 5.74) is 0. The van der Waals surface area contributed by atoms with Crippen LogP contribution in [0.25, 0.3) is 0 Å². The van der Waals surface area contributed by atoms with Crippen molar-refractivity contribution in [3.05, 3.63) is 0 Å². The predicted octanol–water partition coefficient (Wildman–Crippen LogP) is -0.384. The smallest absolute Gasteiger partial charge is 0.0628 e. The number of methoxy groups -OCH3 is 1. The molecule has 1 heterocycles. The molecule has 0 amide bonds. The van der Waals surface area contributed by atoms with Crippen LogP contribution in [0.2, 0.25) is 0 Å². The SMILES string of the molecule is COCC1CNCCN1.Cl. The summed E-state index contributed by atoms with van der Waals surface area (Å²) in [4.78, 5) is 0. The third kappa shape index (κ3) is 3.37. The van der Waals surface area contributed by atoms with Crippen molar-refractivity contribution >= 4 is 12.4 Å². The number of rotatable bonds is 2. The lowest BCUT2D eigenvalue weighted by molar-refractivity contribution is 0.159. The van der Waals surface area contributed by atoms with Gasteiger partial charge >= 0.3 is 0 Å². The Bertz CT molecular complexity index is 73.4. The number of piperazine rings is 1. The molecule has 10 heavy (non-hydrogen) atoms. The van der Waals surface area contributed by atoms with Crippen molar-refractivity contribution in [2.24, 2.45) is 0 Å². The lowest BCUT2D eigenvalue weighted by Crippen LogP contribution is -2.50. The second-order valence-electron chi connectivity index (χ2n) is 2.31. The van der Waals surface area contributed by atoms with Crippen LogP contribution < -0.4 is 10.6 Å². The predicted molar refractivity (Wildman–Crippen MR) is 43.8 cm³/mol. The standard InChI is InChI=1S/C6H14N2O.ClH/c1-9-5-6-4-7-2-3-8-6;/h6-8H,2-5H2,1H3;1H. The number of hydrogen-bond acceptors (Lipinski definition) is 3. The Labute approximate surface area is 67.9 Å². The van der Waals surface area contributed by atoms with Crippen LogP contribution in [0.1, 0.15) is 0 Å². The summed E-state index contributed by atoms with van der Waals surface area (Å²) in [6, 6.07) is 0.517. The fraction of sp³-hybridized carbons (Fsp3) is 1.00. The highest BCUT2D eigenvalue weighted by molar-refractivity contribution is 5.85. The zero-order valence-corrected chi connectivity index (χ0v) is 7.04. The maximum Gasteiger partial charge on any atom is 0.0628 e.